The highest BCUT2D eigenvalue weighted by Crippen LogP contribution is 2.23. The van der Waals surface area contributed by atoms with E-state index in [4.69, 9.17) is 9.84 Å². The Morgan fingerprint density at radius 2 is 2.10 bits per heavy atom. The minimum absolute atomic E-state index is 0.0585. The van der Waals surface area contributed by atoms with E-state index in [9.17, 15) is 9.59 Å². The number of ether oxygens (including phenoxy) is 1. The van der Waals surface area contributed by atoms with Crippen LogP contribution in [0.3, 0.4) is 0 Å². The van der Waals surface area contributed by atoms with E-state index in [0.717, 1.165) is 12.8 Å². The van der Waals surface area contributed by atoms with Crippen LogP contribution in [0.25, 0.3) is 0 Å². The molecule has 6 heteroatoms. The third kappa shape index (κ3) is 4.37. The van der Waals surface area contributed by atoms with E-state index in [1.165, 1.54) is 19.2 Å². The molecule has 1 atom stereocenters. The van der Waals surface area contributed by atoms with Crippen molar-refractivity contribution in [3.8, 4) is 5.75 Å². The van der Waals surface area contributed by atoms with Gasteiger partial charge in [0, 0.05) is 24.8 Å². The summed E-state index contributed by atoms with van der Waals surface area (Å²) in [6.45, 7) is 4.05. The summed E-state index contributed by atoms with van der Waals surface area (Å²) in [4.78, 5) is 24.7. The maximum atomic E-state index is 12.1. The predicted octanol–water partition coefficient (Wildman–Crippen LogP) is 3.05. The van der Waals surface area contributed by atoms with E-state index in [1.54, 1.807) is 18.0 Å². The summed E-state index contributed by atoms with van der Waals surface area (Å²) in [7, 11) is 3.13. The number of carboxylic acids is 1. The van der Waals surface area contributed by atoms with Gasteiger partial charge in [-0.3, -0.25) is 0 Å². The van der Waals surface area contributed by atoms with E-state index < -0.39 is 5.97 Å². The molecule has 116 valence electrons. The number of benzene rings is 1. The first-order valence-electron chi connectivity index (χ1n) is 6.85. The summed E-state index contributed by atoms with van der Waals surface area (Å²) in [6, 6.07) is 4.35. The number of hydrogen-bond donors (Lipinski definition) is 2. The first kappa shape index (κ1) is 16.8. The van der Waals surface area contributed by atoms with Crippen LogP contribution in [0.5, 0.6) is 5.75 Å². The van der Waals surface area contributed by atoms with E-state index in [-0.39, 0.29) is 23.4 Å². The highest BCUT2D eigenvalue weighted by atomic mass is 16.5. The molecule has 0 saturated heterocycles. The Hall–Kier alpha value is -2.24. The number of carbonyl (C=O) groups is 2. The lowest BCUT2D eigenvalue weighted by Gasteiger charge is -2.25. The predicted molar refractivity (Wildman–Crippen MR) is 81.1 cm³/mol. The second kappa shape index (κ2) is 7.52. The van der Waals surface area contributed by atoms with E-state index >= 15 is 0 Å². The molecular weight excluding hydrogens is 272 g/mol. The lowest BCUT2D eigenvalue weighted by Crippen LogP contribution is -2.38. The van der Waals surface area contributed by atoms with Gasteiger partial charge in [0.05, 0.1) is 7.11 Å². The van der Waals surface area contributed by atoms with Crippen molar-refractivity contribution >= 4 is 17.7 Å². The molecule has 1 aromatic rings. The molecule has 0 aromatic heterocycles. The summed E-state index contributed by atoms with van der Waals surface area (Å²) in [5.41, 5.74) is 0.556. The summed E-state index contributed by atoms with van der Waals surface area (Å²) in [6.07, 6.45) is 1.92. The Kier molecular flexibility index (Phi) is 6.02. The van der Waals surface area contributed by atoms with Crippen molar-refractivity contribution in [3.63, 3.8) is 0 Å². The van der Waals surface area contributed by atoms with Crippen molar-refractivity contribution in [1.29, 1.82) is 0 Å². The average molecular weight is 294 g/mol. The van der Waals surface area contributed by atoms with Crippen LogP contribution in [-0.2, 0) is 0 Å². The number of amides is 2. The molecule has 0 fully saturated rings. The lowest BCUT2D eigenvalue weighted by atomic mass is 10.1. The second-order valence-electron chi connectivity index (χ2n) is 4.90. The van der Waals surface area contributed by atoms with E-state index in [0.29, 0.717) is 5.69 Å². The van der Waals surface area contributed by atoms with Gasteiger partial charge in [-0.25, -0.2) is 9.59 Å². The maximum absolute atomic E-state index is 12.1. The van der Waals surface area contributed by atoms with E-state index in [2.05, 4.69) is 12.2 Å². The molecule has 21 heavy (non-hydrogen) atoms. The number of hydrogen-bond acceptors (Lipinski definition) is 3. The third-order valence-electron chi connectivity index (χ3n) is 3.37. The Labute approximate surface area is 124 Å². The SMILES string of the molecule is CCCC(C)N(C)C(=O)Nc1ccc(C(=O)O)c(OC)c1. The quantitative estimate of drug-likeness (QED) is 0.845. The summed E-state index contributed by atoms with van der Waals surface area (Å²) < 4.78 is 5.03. The molecule has 0 radical (unpaired) electrons. The maximum Gasteiger partial charge on any atom is 0.339 e. The molecule has 0 aliphatic carbocycles. The number of anilines is 1. The van der Waals surface area contributed by atoms with Crippen LogP contribution < -0.4 is 10.1 Å². The van der Waals surface area contributed by atoms with Gasteiger partial charge in [-0.1, -0.05) is 13.3 Å². The Morgan fingerprint density at radius 3 is 2.62 bits per heavy atom. The van der Waals surface area contributed by atoms with E-state index in [1.807, 2.05) is 6.92 Å². The number of nitrogens with one attached hydrogen (secondary N) is 1. The fraction of sp³-hybridized carbons (Fsp3) is 0.467. The van der Waals surface area contributed by atoms with Gasteiger partial charge in [-0.15, -0.1) is 0 Å². The third-order valence-corrected chi connectivity index (χ3v) is 3.37. The van der Waals surface area contributed by atoms with Gasteiger partial charge in [0.2, 0.25) is 0 Å². The Morgan fingerprint density at radius 1 is 1.43 bits per heavy atom. The number of nitrogens with zero attached hydrogens (tertiary/aromatic N) is 1. The largest absolute Gasteiger partial charge is 0.496 e. The topological polar surface area (TPSA) is 78.9 Å². The van der Waals surface area contributed by atoms with Gasteiger partial charge in [0.1, 0.15) is 11.3 Å². The van der Waals surface area contributed by atoms with Crippen LogP contribution >= 0.6 is 0 Å². The molecule has 6 nitrogen and oxygen atoms in total. The molecule has 2 amide bonds. The van der Waals surface area contributed by atoms with Crippen LogP contribution in [0.15, 0.2) is 18.2 Å². The van der Waals surface area contributed by atoms with Crippen molar-refractivity contribution in [3.05, 3.63) is 23.8 Å². The Bertz CT molecular complexity index is 516. The minimum Gasteiger partial charge on any atom is -0.496 e. The molecule has 0 heterocycles. The molecular formula is C15H22N2O4. The number of methoxy groups -OCH3 is 1. The highest BCUT2D eigenvalue weighted by Gasteiger charge is 2.16. The van der Waals surface area contributed by atoms with Gasteiger partial charge in [-0.05, 0) is 25.5 Å². The first-order chi connectivity index (χ1) is 9.90. The number of aromatic carboxylic acids is 1. The van der Waals surface area contributed by atoms with Crippen molar-refractivity contribution in [2.45, 2.75) is 32.7 Å². The first-order valence-corrected chi connectivity index (χ1v) is 6.85. The van der Waals surface area contributed by atoms with Crippen molar-refractivity contribution in [1.82, 2.24) is 4.90 Å². The molecule has 0 saturated carbocycles. The zero-order chi connectivity index (χ0) is 16.0. The van der Waals surface area contributed by atoms with Gasteiger partial charge >= 0.3 is 12.0 Å². The molecule has 2 N–H and O–H groups in total. The van der Waals surface area contributed by atoms with Crippen molar-refractivity contribution in [2.75, 3.05) is 19.5 Å². The monoisotopic (exact) mass is 294 g/mol. The molecule has 1 aromatic carbocycles. The van der Waals surface area contributed by atoms with Crippen molar-refractivity contribution < 1.29 is 19.4 Å². The molecule has 1 rings (SSSR count). The highest BCUT2D eigenvalue weighted by molar-refractivity contribution is 5.94. The number of carboxylic acid groups (broad SMARTS) is 1. The summed E-state index contributed by atoms with van der Waals surface area (Å²) >= 11 is 0. The van der Waals surface area contributed by atoms with Crippen LogP contribution in [0.1, 0.15) is 37.0 Å². The molecule has 0 bridgehead atoms. The van der Waals surface area contributed by atoms with Crippen LogP contribution in [-0.4, -0.2) is 42.2 Å². The van der Waals surface area contributed by atoms with Gasteiger partial charge < -0.3 is 20.1 Å². The molecule has 0 spiro atoms. The molecule has 0 aliphatic rings. The fourth-order valence-corrected chi connectivity index (χ4v) is 1.97. The Balaban J connectivity index is 2.83. The molecule has 0 aliphatic heterocycles. The average Bonchev–Trinajstić information content (AvgIpc) is 2.46. The summed E-state index contributed by atoms with van der Waals surface area (Å²) in [5, 5.41) is 11.7. The van der Waals surface area contributed by atoms with Crippen molar-refractivity contribution in [2.24, 2.45) is 0 Å². The molecule has 1 unspecified atom stereocenters. The summed E-state index contributed by atoms with van der Waals surface area (Å²) in [5.74, 6) is -0.858. The second-order valence-corrected chi connectivity index (χ2v) is 4.90. The standard InChI is InChI=1S/C15H22N2O4/c1-5-6-10(2)17(3)15(20)16-11-7-8-12(14(18)19)13(9-11)21-4/h7-10H,5-6H2,1-4H3,(H,16,20)(H,18,19). The number of carbonyl (C=O) groups excluding carboxylic acids is 1. The zero-order valence-electron chi connectivity index (χ0n) is 12.8. The number of urea groups is 1. The van der Waals surface area contributed by atoms with Gasteiger partial charge in [0.25, 0.3) is 0 Å². The van der Waals surface area contributed by atoms with Gasteiger partial charge in [0.15, 0.2) is 0 Å². The smallest absolute Gasteiger partial charge is 0.339 e. The minimum atomic E-state index is -1.07. The van der Waals surface area contributed by atoms with Crippen LogP contribution in [0.2, 0.25) is 0 Å². The lowest BCUT2D eigenvalue weighted by molar-refractivity contribution is 0.0693. The van der Waals surface area contributed by atoms with Gasteiger partial charge in [-0.2, -0.15) is 0 Å². The van der Waals surface area contributed by atoms with Crippen LogP contribution in [0, 0.1) is 0 Å². The normalized spacial score (nSPS) is 11.6. The fourth-order valence-electron chi connectivity index (χ4n) is 1.97. The number of rotatable bonds is 6. The zero-order valence-corrected chi connectivity index (χ0v) is 12.8. The van der Waals surface area contributed by atoms with Crippen LogP contribution in [0.4, 0.5) is 10.5 Å².